The number of hydrogen-bond donors (Lipinski definition) is 2. The molecule has 1 aromatic carbocycles. The molecule has 0 aliphatic carbocycles. The van der Waals surface area contributed by atoms with E-state index < -0.39 is 0 Å². The van der Waals surface area contributed by atoms with Crippen molar-refractivity contribution in [1.82, 2.24) is 10.2 Å². The van der Waals surface area contributed by atoms with E-state index in [-0.39, 0.29) is 24.8 Å². The number of benzene rings is 1. The van der Waals surface area contributed by atoms with Crippen molar-refractivity contribution in [2.45, 2.75) is 32.2 Å². The summed E-state index contributed by atoms with van der Waals surface area (Å²) >= 11 is 0. The Morgan fingerprint density at radius 2 is 1.76 bits per heavy atom. The molecule has 0 bridgehead atoms. The third-order valence-corrected chi connectivity index (χ3v) is 3.83. The van der Waals surface area contributed by atoms with E-state index in [9.17, 15) is 9.59 Å². The molecule has 5 heteroatoms. The third kappa shape index (κ3) is 4.56. The quantitative estimate of drug-likeness (QED) is 0.842. The van der Waals surface area contributed by atoms with Crippen molar-refractivity contribution < 1.29 is 9.59 Å². The Hall–Kier alpha value is -1.88. The molecule has 2 rings (SSSR count). The topological polar surface area (TPSA) is 75.4 Å². The van der Waals surface area contributed by atoms with Gasteiger partial charge in [-0.1, -0.05) is 24.3 Å². The molecule has 0 radical (unpaired) electrons. The minimum absolute atomic E-state index is 0.00941. The summed E-state index contributed by atoms with van der Waals surface area (Å²) in [5.41, 5.74) is 7.54. The summed E-state index contributed by atoms with van der Waals surface area (Å²) in [7, 11) is 0. The third-order valence-electron chi connectivity index (χ3n) is 3.83. The highest BCUT2D eigenvalue weighted by atomic mass is 16.2. The molecule has 2 amide bonds. The average molecular weight is 289 g/mol. The van der Waals surface area contributed by atoms with Crippen LogP contribution in [0.1, 0.15) is 30.4 Å². The Morgan fingerprint density at radius 3 is 2.43 bits per heavy atom. The van der Waals surface area contributed by atoms with Gasteiger partial charge in [-0.25, -0.2) is 0 Å². The molecule has 1 saturated heterocycles. The zero-order chi connectivity index (χ0) is 15.1. The van der Waals surface area contributed by atoms with Gasteiger partial charge in [0.15, 0.2) is 0 Å². The molecule has 1 aliphatic rings. The predicted octanol–water partition coefficient (Wildman–Crippen LogP) is 0.816. The van der Waals surface area contributed by atoms with Gasteiger partial charge >= 0.3 is 0 Å². The van der Waals surface area contributed by atoms with Crippen LogP contribution in [0.25, 0.3) is 0 Å². The number of rotatable bonds is 5. The van der Waals surface area contributed by atoms with Crippen molar-refractivity contribution in [2.24, 2.45) is 5.73 Å². The monoisotopic (exact) mass is 289 g/mol. The fourth-order valence-corrected chi connectivity index (χ4v) is 2.59. The van der Waals surface area contributed by atoms with Crippen LogP contribution in [0.2, 0.25) is 0 Å². The smallest absolute Gasteiger partial charge is 0.241 e. The molecular weight excluding hydrogens is 266 g/mol. The van der Waals surface area contributed by atoms with Crippen molar-refractivity contribution in [3.05, 3.63) is 35.4 Å². The van der Waals surface area contributed by atoms with Gasteiger partial charge in [-0.3, -0.25) is 9.59 Å². The van der Waals surface area contributed by atoms with Crippen LogP contribution in [0.4, 0.5) is 0 Å². The van der Waals surface area contributed by atoms with Gasteiger partial charge in [0.1, 0.15) is 0 Å². The van der Waals surface area contributed by atoms with E-state index in [4.69, 9.17) is 5.73 Å². The molecule has 0 spiro atoms. The largest absolute Gasteiger partial charge is 0.347 e. The summed E-state index contributed by atoms with van der Waals surface area (Å²) < 4.78 is 0. The van der Waals surface area contributed by atoms with Crippen LogP contribution < -0.4 is 11.1 Å². The van der Waals surface area contributed by atoms with Gasteiger partial charge in [0, 0.05) is 19.6 Å². The number of nitrogens with two attached hydrogens (primary N) is 1. The molecule has 1 fully saturated rings. The summed E-state index contributed by atoms with van der Waals surface area (Å²) in [6.45, 7) is 2.12. The van der Waals surface area contributed by atoms with Crippen molar-refractivity contribution >= 4 is 11.8 Å². The molecular formula is C16H23N3O2. The van der Waals surface area contributed by atoms with Crippen LogP contribution in [0, 0.1) is 0 Å². The van der Waals surface area contributed by atoms with Crippen molar-refractivity contribution in [3.63, 3.8) is 0 Å². The Balaban J connectivity index is 1.80. The van der Waals surface area contributed by atoms with Crippen LogP contribution in [0.15, 0.2) is 24.3 Å². The fourth-order valence-electron chi connectivity index (χ4n) is 2.59. The SMILES string of the molecule is NCc1ccccc1CC(=O)NCC(=O)N1CCCCC1. The standard InChI is InChI=1S/C16H23N3O2/c17-11-14-7-3-2-6-13(14)10-15(20)18-12-16(21)19-8-4-1-5-9-19/h2-3,6-7H,1,4-5,8-12,17H2,(H,18,20). The van der Waals surface area contributed by atoms with Gasteiger partial charge in [0.2, 0.25) is 11.8 Å². The van der Waals surface area contributed by atoms with Gasteiger partial charge in [0.25, 0.3) is 0 Å². The van der Waals surface area contributed by atoms with Crippen molar-refractivity contribution in [2.75, 3.05) is 19.6 Å². The number of nitrogens with one attached hydrogen (secondary N) is 1. The van der Waals surface area contributed by atoms with Crippen LogP contribution in [0.5, 0.6) is 0 Å². The number of likely N-dealkylation sites (tertiary alicyclic amines) is 1. The highest BCUT2D eigenvalue weighted by Crippen LogP contribution is 2.09. The minimum atomic E-state index is -0.138. The number of hydrogen-bond acceptors (Lipinski definition) is 3. The summed E-state index contributed by atoms with van der Waals surface area (Å²) in [5.74, 6) is -0.128. The minimum Gasteiger partial charge on any atom is -0.347 e. The van der Waals surface area contributed by atoms with Crippen LogP contribution in [-0.4, -0.2) is 36.3 Å². The molecule has 114 valence electrons. The van der Waals surface area contributed by atoms with E-state index >= 15 is 0 Å². The lowest BCUT2D eigenvalue weighted by molar-refractivity contribution is -0.133. The Kier molecular flexibility index (Phi) is 5.75. The van der Waals surface area contributed by atoms with Gasteiger partial charge in [-0.05, 0) is 30.4 Å². The molecule has 5 nitrogen and oxygen atoms in total. The second-order valence-corrected chi connectivity index (χ2v) is 5.37. The molecule has 1 aliphatic heterocycles. The predicted molar refractivity (Wildman–Crippen MR) is 81.5 cm³/mol. The maximum Gasteiger partial charge on any atom is 0.241 e. The Morgan fingerprint density at radius 1 is 1.10 bits per heavy atom. The molecule has 21 heavy (non-hydrogen) atoms. The maximum absolute atomic E-state index is 12.0. The number of nitrogens with zero attached hydrogens (tertiary/aromatic N) is 1. The fraction of sp³-hybridized carbons (Fsp3) is 0.500. The van der Waals surface area contributed by atoms with Crippen molar-refractivity contribution in [3.8, 4) is 0 Å². The molecule has 0 saturated carbocycles. The maximum atomic E-state index is 12.0. The lowest BCUT2D eigenvalue weighted by Gasteiger charge is -2.26. The van der Waals surface area contributed by atoms with Gasteiger partial charge in [-0.2, -0.15) is 0 Å². The molecule has 0 aromatic heterocycles. The van der Waals surface area contributed by atoms with E-state index in [0.29, 0.717) is 6.54 Å². The number of amides is 2. The normalized spacial score (nSPS) is 14.8. The highest BCUT2D eigenvalue weighted by molar-refractivity contribution is 5.85. The van der Waals surface area contributed by atoms with Crippen LogP contribution in [0.3, 0.4) is 0 Å². The summed E-state index contributed by atoms with van der Waals surface area (Å²) in [5, 5.41) is 2.71. The molecule has 1 heterocycles. The first kappa shape index (κ1) is 15.5. The molecule has 0 atom stereocenters. The molecule has 3 N–H and O–H groups in total. The van der Waals surface area contributed by atoms with Gasteiger partial charge < -0.3 is 16.0 Å². The van der Waals surface area contributed by atoms with Gasteiger partial charge in [-0.15, -0.1) is 0 Å². The van der Waals surface area contributed by atoms with E-state index in [1.54, 1.807) is 0 Å². The number of piperidine rings is 1. The zero-order valence-corrected chi connectivity index (χ0v) is 12.3. The van der Waals surface area contributed by atoms with E-state index in [1.165, 1.54) is 6.42 Å². The number of carbonyl (C=O) groups is 2. The molecule has 0 unspecified atom stereocenters. The summed E-state index contributed by atoms with van der Waals surface area (Å²) in [6.07, 6.45) is 3.57. The van der Waals surface area contributed by atoms with Crippen LogP contribution in [-0.2, 0) is 22.6 Å². The van der Waals surface area contributed by atoms with Crippen molar-refractivity contribution in [1.29, 1.82) is 0 Å². The average Bonchev–Trinajstić information content (AvgIpc) is 2.54. The Labute approximate surface area is 125 Å². The van der Waals surface area contributed by atoms with E-state index in [2.05, 4.69) is 5.32 Å². The summed E-state index contributed by atoms with van der Waals surface area (Å²) in [6, 6.07) is 7.61. The first-order valence-electron chi connectivity index (χ1n) is 7.52. The molecule has 1 aromatic rings. The first-order chi connectivity index (χ1) is 10.2. The second-order valence-electron chi connectivity index (χ2n) is 5.37. The van der Waals surface area contributed by atoms with Gasteiger partial charge in [0.05, 0.1) is 13.0 Å². The summed E-state index contributed by atoms with van der Waals surface area (Å²) in [4.78, 5) is 25.7. The second kappa shape index (κ2) is 7.78. The lowest BCUT2D eigenvalue weighted by atomic mass is 10.0. The number of carbonyl (C=O) groups excluding carboxylic acids is 2. The Bertz CT molecular complexity index is 496. The van der Waals surface area contributed by atoms with E-state index in [1.807, 2.05) is 29.2 Å². The van der Waals surface area contributed by atoms with Crippen LogP contribution >= 0.6 is 0 Å². The highest BCUT2D eigenvalue weighted by Gasteiger charge is 2.17. The zero-order valence-electron chi connectivity index (χ0n) is 12.3. The lowest BCUT2D eigenvalue weighted by Crippen LogP contribution is -2.42. The first-order valence-corrected chi connectivity index (χ1v) is 7.52. The van der Waals surface area contributed by atoms with E-state index in [0.717, 1.165) is 37.1 Å².